The van der Waals surface area contributed by atoms with Gasteiger partial charge in [0, 0.05) is 56.1 Å². The highest BCUT2D eigenvalue weighted by Gasteiger charge is 2.08. The molecule has 1 aromatic carbocycles. The number of aromatic nitrogens is 3. The highest BCUT2D eigenvalue weighted by Crippen LogP contribution is 2.21. The lowest BCUT2D eigenvalue weighted by Crippen LogP contribution is -2.20. The van der Waals surface area contributed by atoms with Crippen molar-refractivity contribution in [2.45, 2.75) is 32.9 Å². The molecule has 3 rings (SSSR count). The van der Waals surface area contributed by atoms with Gasteiger partial charge < -0.3 is 14.0 Å². The molecule has 4 heteroatoms. The second-order valence-electron chi connectivity index (χ2n) is 6.25. The van der Waals surface area contributed by atoms with E-state index in [2.05, 4.69) is 70.5 Å². The Kier molecular flexibility index (Phi) is 4.82. The third kappa shape index (κ3) is 3.48. The Morgan fingerprint density at radius 1 is 1.17 bits per heavy atom. The Morgan fingerprint density at radius 3 is 2.78 bits per heavy atom. The van der Waals surface area contributed by atoms with Gasteiger partial charge in [-0.1, -0.05) is 12.1 Å². The summed E-state index contributed by atoms with van der Waals surface area (Å²) in [5.41, 5.74) is 2.75. The predicted octanol–water partition coefficient (Wildman–Crippen LogP) is 3.46. The van der Waals surface area contributed by atoms with Gasteiger partial charge in [0.1, 0.15) is 5.82 Å². The number of rotatable bonds is 7. The van der Waals surface area contributed by atoms with Gasteiger partial charge in [0.05, 0.1) is 0 Å². The number of aryl methyl sites for hydroxylation is 3. The first-order valence-corrected chi connectivity index (χ1v) is 8.40. The van der Waals surface area contributed by atoms with Crippen molar-refractivity contribution in [3.8, 4) is 0 Å². The maximum atomic E-state index is 4.39. The predicted molar refractivity (Wildman–Crippen MR) is 95.5 cm³/mol. The maximum absolute atomic E-state index is 4.39. The summed E-state index contributed by atoms with van der Waals surface area (Å²) in [5.74, 6) is 1.17. The minimum absolute atomic E-state index is 0.992. The zero-order chi connectivity index (χ0) is 16.2. The van der Waals surface area contributed by atoms with Crippen LogP contribution in [0.5, 0.6) is 0 Å². The fraction of sp³-hybridized carbons (Fsp3) is 0.421. The van der Waals surface area contributed by atoms with Crippen molar-refractivity contribution >= 4 is 10.9 Å². The van der Waals surface area contributed by atoms with E-state index in [0.29, 0.717) is 0 Å². The van der Waals surface area contributed by atoms with E-state index in [-0.39, 0.29) is 0 Å². The first kappa shape index (κ1) is 15.8. The molecule has 0 aliphatic carbocycles. The van der Waals surface area contributed by atoms with E-state index in [0.717, 1.165) is 32.5 Å². The summed E-state index contributed by atoms with van der Waals surface area (Å²) in [6.07, 6.45) is 8.24. The van der Waals surface area contributed by atoms with E-state index < -0.39 is 0 Å². The van der Waals surface area contributed by atoms with Gasteiger partial charge in [-0.05, 0) is 44.6 Å². The lowest BCUT2D eigenvalue weighted by molar-refractivity contribution is 0.322. The highest BCUT2D eigenvalue weighted by molar-refractivity contribution is 5.83. The van der Waals surface area contributed by atoms with Gasteiger partial charge in [-0.25, -0.2) is 4.98 Å². The van der Waals surface area contributed by atoms with Crippen LogP contribution in [0.4, 0.5) is 0 Å². The summed E-state index contributed by atoms with van der Waals surface area (Å²) in [4.78, 5) is 6.80. The summed E-state index contributed by atoms with van der Waals surface area (Å²) in [6.45, 7) is 5.28. The van der Waals surface area contributed by atoms with Crippen LogP contribution in [0.1, 0.15) is 24.7 Å². The minimum Gasteiger partial charge on any atom is -0.348 e. The smallest absolute Gasteiger partial charge is 0.108 e. The molecule has 0 amide bonds. The molecule has 0 atom stereocenters. The zero-order valence-electron chi connectivity index (χ0n) is 14.4. The lowest BCUT2D eigenvalue weighted by atomic mass is 10.1. The standard InChI is InChI=1S/C19H26N4/c1-4-23-13-10-17-16(7-5-8-18(17)23)15-21(2)12-6-9-19-20-11-14-22(19)3/h5,7-8,10-11,13-14H,4,6,9,12,15H2,1-3H3. The molecule has 0 aliphatic rings. The highest BCUT2D eigenvalue weighted by atomic mass is 15.1. The third-order valence-corrected chi connectivity index (χ3v) is 4.55. The van der Waals surface area contributed by atoms with Crippen LogP contribution in [0.3, 0.4) is 0 Å². The van der Waals surface area contributed by atoms with E-state index in [9.17, 15) is 0 Å². The Morgan fingerprint density at radius 2 is 2.04 bits per heavy atom. The van der Waals surface area contributed by atoms with Crippen LogP contribution in [-0.4, -0.2) is 32.6 Å². The van der Waals surface area contributed by atoms with Crippen LogP contribution >= 0.6 is 0 Å². The van der Waals surface area contributed by atoms with Gasteiger partial charge in [-0.3, -0.25) is 0 Å². The molecule has 0 saturated heterocycles. The zero-order valence-corrected chi connectivity index (χ0v) is 14.4. The molecule has 2 heterocycles. The van der Waals surface area contributed by atoms with E-state index in [4.69, 9.17) is 0 Å². The average molecular weight is 310 g/mol. The van der Waals surface area contributed by atoms with E-state index >= 15 is 0 Å². The van der Waals surface area contributed by atoms with Gasteiger partial charge in [0.15, 0.2) is 0 Å². The molecule has 0 radical (unpaired) electrons. The quantitative estimate of drug-likeness (QED) is 0.668. The summed E-state index contributed by atoms with van der Waals surface area (Å²) in [6, 6.07) is 8.88. The van der Waals surface area contributed by atoms with Crippen molar-refractivity contribution in [1.82, 2.24) is 19.0 Å². The molecule has 0 bridgehead atoms. The first-order valence-electron chi connectivity index (χ1n) is 8.40. The van der Waals surface area contributed by atoms with E-state index in [1.807, 2.05) is 12.4 Å². The number of nitrogens with zero attached hydrogens (tertiary/aromatic N) is 4. The number of imidazole rings is 1. The maximum Gasteiger partial charge on any atom is 0.108 e. The van der Waals surface area contributed by atoms with Crippen molar-refractivity contribution < 1.29 is 0 Å². The molecular formula is C19H26N4. The number of benzene rings is 1. The van der Waals surface area contributed by atoms with Crippen LogP contribution in [-0.2, 0) is 26.6 Å². The summed E-state index contributed by atoms with van der Waals surface area (Å²) < 4.78 is 4.41. The SMILES string of the molecule is CCn1ccc2c(CN(C)CCCc3nccn3C)cccc21. The second kappa shape index (κ2) is 7.01. The molecule has 0 unspecified atom stereocenters. The van der Waals surface area contributed by atoms with Crippen LogP contribution < -0.4 is 0 Å². The summed E-state index contributed by atoms with van der Waals surface area (Å²) >= 11 is 0. The van der Waals surface area contributed by atoms with Crippen LogP contribution in [0.25, 0.3) is 10.9 Å². The van der Waals surface area contributed by atoms with Crippen LogP contribution in [0.15, 0.2) is 42.9 Å². The van der Waals surface area contributed by atoms with Crippen LogP contribution in [0.2, 0.25) is 0 Å². The monoisotopic (exact) mass is 310 g/mol. The molecule has 4 nitrogen and oxygen atoms in total. The van der Waals surface area contributed by atoms with E-state index in [1.54, 1.807) is 0 Å². The lowest BCUT2D eigenvalue weighted by Gasteiger charge is -2.17. The van der Waals surface area contributed by atoms with Crippen molar-refractivity contribution in [1.29, 1.82) is 0 Å². The normalized spacial score (nSPS) is 11.7. The minimum atomic E-state index is 0.992. The van der Waals surface area contributed by atoms with Gasteiger partial charge in [-0.2, -0.15) is 0 Å². The molecule has 0 aliphatic heterocycles. The fourth-order valence-electron chi connectivity index (χ4n) is 3.22. The van der Waals surface area contributed by atoms with Crippen molar-refractivity contribution in [3.05, 3.63) is 54.2 Å². The molecule has 2 aromatic heterocycles. The Balaban J connectivity index is 1.60. The molecule has 0 fully saturated rings. The Bertz CT molecular complexity index is 769. The summed E-state index contributed by atoms with van der Waals surface area (Å²) in [7, 11) is 4.26. The van der Waals surface area contributed by atoms with Crippen molar-refractivity contribution in [2.24, 2.45) is 7.05 Å². The fourth-order valence-corrected chi connectivity index (χ4v) is 3.22. The Hall–Kier alpha value is -2.07. The molecule has 3 aromatic rings. The van der Waals surface area contributed by atoms with Gasteiger partial charge >= 0.3 is 0 Å². The third-order valence-electron chi connectivity index (χ3n) is 4.55. The molecular weight excluding hydrogens is 284 g/mol. The van der Waals surface area contributed by atoms with Crippen molar-refractivity contribution in [3.63, 3.8) is 0 Å². The van der Waals surface area contributed by atoms with Gasteiger partial charge in [-0.15, -0.1) is 0 Å². The van der Waals surface area contributed by atoms with Gasteiger partial charge in [0.2, 0.25) is 0 Å². The van der Waals surface area contributed by atoms with Crippen LogP contribution in [0, 0.1) is 0 Å². The second-order valence-corrected chi connectivity index (χ2v) is 6.25. The molecule has 122 valence electrons. The van der Waals surface area contributed by atoms with E-state index in [1.165, 1.54) is 22.3 Å². The number of hydrogen-bond donors (Lipinski definition) is 0. The van der Waals surface area contributed by atoms with Gasteiger partial charge in [0.25, 0.3) is 0 Å². The topological polar surface area (TPSA) is 26.0 Å². The number of hydrogen-bond acceptors (Lipinski definition) is 2. The molecule has 0 spiro atoms. The average Bonchev–Trinajstić information content (AvgIpc) is 3.14. The summed E-state index contributed by atoms with van der Waals surface area (Å²) in [5, 5.41) is 1.38. The molecule has 0 N–H and O–H groups in total. The first-order chi connectivity index (χ1) is 11.2. The largest absolute Gasteiger partial charge is 0.348 e. The molecule has 23 heavy (non-hydrogen) atoms. The number of fused-ring (bicyclic) bond motifs is 1. The molecule has 0 saturated carbocycles. The Labute approximate surface area is 138 Å². The van der Waals surface area contributed by atoms with Crippen molar-refractivity contribution in [2.75, 3.05) is 13.6 Å².